The molecule has 1 aromatic rings. The molecule has 0 aromatic heterocycles. The summed E-state index contributed by atoms with van der Waals surface area (Å²) in [7, 11) is 0. The fourth-order valence-corrected chi connectivity index (χ4v) is 4.23. The lowest BCUT2D eigenvalue weighted by molar-refractivity contribution is -0.154. The lowest BCUT2D eigenvalue weighted by Crippen LogP contribution is -2.56. The van der Waals surface area contributed by atoms with Crippen LogP contribution in [0.4, 0.5) is 0 Å². The van der Waals surface area contributed by atoms with Crippen LogP contribution in [0, 0.1) is 5.41 Å². The first-order valence-electron chi connectivity index (χ1n) is 7.27. The van der Waals surface area contributed by atoms with Crippen LogP contribution in [0.2, 0.25) is 5.02 Å². The van der Waals surface area contributed by atoms with E-state index in [4.69, 9.17) is 16.3 Å². The van der Waals surface area contributed by atoms with Crippen molar-refractivity contribution in [3.05, 3.63) is 27.7 Å². The number of carbonyl (C=O) groups excluding carboxylic acids is 1. The van der Waals surface area contributed by atoms with Crippen molar-refractivity contribution in [3.8, 4) is 5.75 Å². The van der Waals surface area contributed by atoms with Gasteiger partial charge in [-0.05, 0) is 47.0 Å². The van der Waals surface area contributed by atoms with Crippen LogP contribution in [0.1, 0.15) is 44.9 Å². The van der Waals surface area contributed by atoms with Crippen LogP contribution >= 0.6 is 27.5 Å². The summed E-state index contributed by atoms with van der Waals surface area (Å²) in [5.41, 5.74) is -0.213. The van der Waals surface area contributed by atoms with E-state index in [1.807, 2.05) is 18.2 Å². The molecule has 3 rings (SSSR count). The molecule has 2 fully saturated rings. The number of ether oxygens (including phenoxy) is 1. The van der Waals surface area contributed by atoms with Crippen LogP contribution in [0.15, 0.2) is 22.7 Å². The Morgan fingerprint density at radius 1 is 1.20 bits per heavy atom. The summed E-state index contributed by atoms with van der Waals surface area (Å²) in [6, 6.07) is 5.53. The number of Topliss-reactive ketones (excluding diaryl/α,β-unsaturated/α-hetero) is 1. The zero-order valence-electron chi connectivity index (χ0n) is 11.3. The topological polar surface area (TPSA) is 26.3 Å². The third kappa shape index (κ3) is 2.50. The van der Waals surface area contributed by atoms with E-state index in [2.05, 4.69) is 15.9 Å². The van der Waals surface area contributed by atoms with Crippen molar-refractivity contribution in [1.82, 2.24) is 0 Å². The van der Waals surface area contributed by atoms with Crippen molar-refractivity contribution >= 4 is 33.3 Å². The molecule has 1 spiro atoms. The lowest BCUT2D eigenvalue weighted by atomic mass is 9.60. The summed E-state index contributed by atoms with van der Waals surface area (Å²) in [5, 5.41) is 0.679. The Bertz CT molecular complexity index is 521. The first-order valence-corrected chi connectivity index (χ1v) is 8.44. The van der Waals surface area contributed by atoms with Gasteiger partial charge in [0.25, 0.3) is 0 Å². The molecule has 2 aliphatic carbocycles. The Labute approximate surface area is 133 Å². The molecule has 1 aromatic carbocycles. The normalized spacial score (nSPS) is 25.1. The maximum atomic E-state index is 12.2. The van der Waals surface area contributed by atoms with E-state index in [1.165, 1.54) is 12.8 Å². The van der Waals surface area contributed by atoms with Crippen LogP contribution < -0.4 is 4.74 Å². The van der Waals surface area contributed by atoms with Crippen molar-refractivity contribution < 1.29 is 9.53 Å². The highest BCUT2D eigenvalue weighted by atomic mass is 79.9. The van der Waals surface area contributed by atoms with E-state index < -0.39 is 0 Å². The lowest BCUT2D eigenvalue weighted by Gasteiger charge is -2.47. The highest BCUT2D eigenvalue weighted by molar-refractivity contribution is 9.10. The molecule has 2 aliphatic rings. The van der Waals surface area contributed by atoms with Crippen LogP contribution in [0.3, 0.4) is 0 Å². The Morgan fingerprint density at radius 3 is 2.50 bits per heavy atom. The van der Waals surface area contributed by atoms with E-state index in [0.717, 1.165) is 35.9 Å². The molecule has 0 bridgehead atoms. The second-order valence-corrected chi connectivity index (χ2v) is 7.17. The molecule has 1 atom stereocenters. The van der Waals surface area contributed by atoms with E-state index in [9.17, 15) is 4.79 Å². The molecule has 4 heteroatoms. The molecule has 0 aliphatic heterocycles. The fourth-order valence-electron chi connectivity index (χ4n) is 3.45. The molecular weight excluding hydrogens is 340 g/mol. The minimum Gasteiger partial charge on any atom is -0.488 e. The number of hydrogen-bond donors (Lipinski definition) is 0. The van der Waals surface area contributed by atoms with Gasteiger partial charge in [-0.2, -0.15) is 0 Å². The number of hydrogen-bond acceptors (Lipinski definition) is 2. The Kier molecular flexibility index (Phi) is 4.09. The summed E-state index contributed by atoms with van der Waals surface area (Å²) in [4.78, 5) is 12.2. The number of carbonyl (C=O) groups is 1. The van der Waals surface area contributed by atoms with Crippen molar-refractivity contribution in [3.63, 3.8) is 0 Å². The van der Waals surface area contributed by atoms with E-state index in [0.29, 0.717) is 17.2 Å². The molecule has 0 amide bonds. The van der Waals surface area contributed by atoms with Gasteiger partial charge in [-0.1, -0.05) is 37.3 Å². The smallest absolute Gasteiger partial charge is 0.146 e. The van der Waals surface area contributed by atoms with Crippen LogP contribution in [-0.4, -0.2) is 11.9 Å². The van der Waals surface area contributed by atoms with Gasteiger partial charge in [0.2, 0.25) is 0 Å². The number of rotatable bonds is 2. The molecule has 0 heterocycles. The van der Waals surface area contributed by atoms with Gasteiger partial charge in [0.05, 0.1) is 9.89 Å². The SMILES string of the molecule is O=C1CC(Oc2ccc(Cl)cc2Br)C12CCCCCC2. The zero-order valence-corrected chi connectivity index (χ0v) is 13.7. The molecule has 0 saturated heterocycles. The van der Waals surface area contributed by atoms with Gasteiger partial charge in [-0.25, -0.2) is 0 Å². The second-order valence-electron chi connectivity index (χ2n) is 5.88. The molecule has 2 nitrogen and oxygen atoms in total. The van der Waals surface area contributed by atoms with Gasteiger partial charge < -0.3 is 4.74 Å². The van der Waals surface area contributed by atoms with Crippen molar-refractivity contribution in [1.29, 1.82) is 0 Å². The van der Waals surface area contributed by atoms with Crippen LogP contribution in [-0.2, 0) is 4.79 Å². The molecule has 0 radical (unpaired) electrons. The van der Waals surface area contributed by atoms with Crippen LogP contribution in [0.5, 0.6) is 5.75 Å². The first-order chi connectivity index (χ1) is 9.62. The Hall–Kier alpha value is -0.540. The van der Waals surface area contributed by atoms with E-state index in [-0.39, 0.29) is 11.5 Å². The first kappa shape index (κ1) is 14.4. The van der Waals surface area contributed by atoms with Crippen molar-refractivity contribution in [2.45, 2.75) is 51.0 Å². The monoisotopic (exact) mass is 356 g/mol. The highest BCUT2D eigenvalue weighted by Crippen LogP contribution is 2.50. The molecule has 2 saturated carbocycles. The summed E-state index contributed by atoms with van der Waals surface area (Å²) in [5.74, 6) is 1.19. The summed E-state index contributed by atoms with van der Waals surface area (Å²) in [6.45, 7) is 0. The summed E-state index contributed by atoms with van der Waals surface area (Å²) < 4.78 is 6.98. The van der Waals surface area contributed by atoms with Gasteiger partial charge >= 0.3 is 0 Å². The van der Waals surface area contributed by atoms with E-state index >= 15 is 0 Å². The second kappa shape index (κ2) is 5.69. The number of halogens is 2. The summed E-state index contributed by atoms with van der Waals surface area (Å²) in [6.07, 6.45) is 7.34. The van der Waals surface area contributed by atoms with Gasteiger partial charge in [0, 0.05) is 11.4 Å². The molecular formula is C16H18BrClO2. The van der Waals surface area contributed by atoms with Gasteiger partial charge in [-0.3, -0.25) is 4.79 Å². The molecule has 108 valence electrons. The van der Waals surface area contributed by atoms with E-state index in [1.54, 1.807) is 0 Å². The van der Waals surface area contributed by atoms with Crippen LogP contribution in [0.25, 0.3) is 0 Å². The number of benzene rings is 1. The average molecular weight is 358 g/mol. The van der Waals surface area contributed by atoms with Gasteiger partial charge in [0.15, 0.2) is 0 Å². The predicted molar refractivity (Wildman–Crippen MR) is 83.3 cm³/mol. The summed E-state index contributed by atoms with van der Waals surface area (Å²) >= 11 is 9.43. The quantitative estimate of drug-likeness (QED) is 0.730. The minimum atomic E-state index is -0.213. The predicted octanol–water partition coefficient (Wildman–Crippen LogP) is 5.16. The van der Waals surface area contributed by atoms with Crippen molar-refractivity contribution in [2.24, 2.45) is 5.41 Å². The largest absolute Gasteiger partial charge is 0.488 e. The van der Waals surface area contributed by atoms with Gasteiger partial charge in [0.1, 0.15) is 17.6 Å². The zero-order chi connectivity index (χ0) is 14.2. The molecule has 1 unspecified atom stereocenters. The van der Waals surface area contributed by atoms with Gasteiger partial charge in [-0.15, -0.1) is 0 Å². The molecule has 20 heavy (non-hydrogen) atoms. The number of ketones is 1. The highest BCUT2D eigenvalue weighted by Gasteiger charge is 2.55. The third-order valence-electron chi connectivity index (χ3n) is 4.70. The average Bonchev–Trinajstić information content (AvgIpc) is 2.69. The molecule has 0 N–H and O–H groups in total. The standard InChI is InChI=1S/C16H18BrClO2/c17-12-9-11(18)5-6-13(12)20-15-10-14(19)16(15)7-3-1-2-4-8-16/h5-6,9,15H,1-4,7-8,10H2. The van der Waals surface area contributed by atoms with Crippen molar-refractivity contribution in [2.75, 3.05) is 0 Å². The third-order valence-corrected chi connectivity index (χ3v) is 5.56. The maximum Gasteiger partial charge on any atom is 0.146 e. The fraction of sp³-hybridized carbons (Fsp3) is 0.562. The Morgan fingerprint density at radius 2 is 1.90 bits per heavy atom. The maximum absolute atomic E-state index is 12.2. The Balaban J connectivity index is 1.78. The minimum absolute atomic E-state index is 0.0329.